The lowest BCUT2D eigenvalue weighted by atomic mass is 10.00. The van der Waals surface area contributed by atoms with Gasteiger partial charge in [0, 0.05) is 23.0 Å². The highest BCUT2D eigenvalue weighted by Crippen LogP contribution is 2.27. The molecule has 2 aromatic heterocycles. The topological polar surface area (TPSA) is 95.3 Å². The average molecular weight is 326 g/mol. The summed E-state index contributed by atoms with van der Waals surface area (Å²) in [5.41, 5.74) is 2.49. The van der Waals surface area contributed by atoms with Crippen molar-refractivity contribution < 1.29 is 19.1 Å². The van der Waals surface area contributed by atoms with Crippen molar-refractivity contribution in [3.05, 3.63) is 59.2 Å². The van der Waals surface area contributed by atoms with Crippen LogP contribution in [-0.4, -0.2) is 22.0 Å². The quantitative estimate of drug-likeness (QED) is 0.668. The number of H-pyrrole nitrogens is 1. The van der Waals surface area contributed by atoms with Crippen LogP contribution in [0.15, 0.2) is 41.0 Å². The fraction of sp³-hybridized carbons (Fsp3) is 0.222. The molecule has 0 aliphatic heterocycles. The fourth-order valence-corrected chi connectivity index (χ4v) is 2.65. The summed E-state index contributed by atoms with van der Waals surface area (Å²) < 4.78 is 5.04. The number of furan rings is 1. The molecule has 24 heavy (non-hydrogen) atoms. The number of hydrogen-bond donors (Lipinski definition) is 3. The zero-order chi connectivity index (χ0) is 17.3. The van der Waals surface area contributed by atoms with Gasteiger partial charge in [0.05, 0.1) is 6.26 Å². The second-order valence-electron chi connectivity index (χ2n) is 5.90. The first-order valence-electron chi connectivity index (χ1n) is 7.67. The molecule has 0 aliphatic carbocycles. The molecule has 6 nitrogen and oxygen atoms in total. The van der Waals surface area contributed by atoms with E-state index in [0.29, 0.717) is 11.5 Å². The van der Waals surface area contributed by atoms with Gasteiger partial charge in [0.25, 0.3) is 5.91 Å². The van der Waals surface area contributed by atoms with Crippen LogP contribution in [0.1, 0.15) is 51.9 Å². The first-order chi connectivity index (χ1) is 11.5. The van der Waals surface area contributed by atoms with Crippen LogP contribution in [0.3, 0.4) is 0 Å². The van der Waals surface area contributed by atoms with E-state index < -0.39 is 5.97 Å². The number of aromatic carboxylic acids is 1. The van der Waals surface area contributed by atoms with Gasteiger partial charge in [0.2, 0.25) is 0 Å². The molecule has 0 spiro atoms. The van der Waals surface area contributed by atoms with Crippen LogP contribution in [-0.2, 0) is 6.54 Å². The highest BCUT2D eigenvalue weighted by molar-refractivity contribution is 5.98. The molecule has 0 saturated heterocycles. The fourth-order valence-electron chi connectivity index (χ4n) is 2.65. The highest BCUT2D eigenvalue weighted by atomic mass is 16.4. The molecule has 0 saturated carbocycles. The summed E-state index contributed by atoms with van der Waals surface area (Å²) in [4.78, 5) is 26.5. The monoisotopic (exact) mass is 326 g/mol. The van der Waals surface area contributed by atoms with E-state index in [1.54, 1.807) is 12.1 Å². The SMILES string of the molecule is CC(C)c1ccc2[nH]c(C(=O)O)c(CNC(=O)c3ccco3)c2c1. The van der Waals surface area contributed by atoms with Crippen molar-refractivity contribution in [2.75, 3.05) is 0 Å². The average Bonchev–Trinajstić information content (AvgIpc) is 3.19. The molecule has 0 unspecified atom stereocenters. The Morgan fingerprint density at radius 1 is 1.29 bits per heavy atom. The minimum atomic E-state index is -1.06. The normalized spacial score (nSPS) is 11.1. The van der Waals surface area contributed by atoms with Crippen LogP contribution in [0.2, 0.25) is 0 Å². The van der Waals surface area contributed by atoms with Crippen LogP contribution in [0.5, 0.6) is 0 Å². The third kappa shape index (κ3) is 2.90. The molecule has 0 bridgehead atoms. The lowest BCUT2D eigenvalue weighted by Crippen LogP contribution is -2.23. The van der Waals surface area contributed by atoms with Gasteiger partial charge in [-0.2, -0.15) is 0 Å². The third-order valence-corrected chi connectivity index (χ3v) is 3.98. The molecule has 124 valence electrons. The Bertz CT molecular complexity index is 891. The molecule has 1 amide bonds. The van der Waals surface area contributed by atoms with Crippen LogP contribution in [0.4, 0.5) is 0 Å². The highest BCUT2D eigenvalue weighted by Gasteiger charge is 2.19. The first kappa shape index (κ1) is 15.9. The number of nitrogens with one attached hydrogen (secondary N) is 2. The summed E-state index contributed by atoms with van der Waals surface area (Å²) in [5.74, 6) is -0.928. The molecule has 3 N–H and O–H groups in total. The van der Waals surface area contributed by atoms with E-state index in [1.165, 1.54) is 6.26 Å². The van der Waals surface area contributed by atoms with Gasteiger partial charge in [0.15, 0.2) is 5.76 Å². The summed E-state index contributed by atoms with van der Waals surface area (Å²) in [6, 6.07) is 8.99. The molecule has 0 aliphatic rings. The number of aromatic nitrogens is 1. The minimum Gasteiger partial charge on any atom is -0.477 e. The Morgan fingerprint density at radius 3 is 2.71 bits per heavy atom. The largest absolute Gasteiger partial charge is 0.477 e. The van der Waals surface area contributed by atoms with Crippen molar-refractivity contribution in [2.24, 2.45) is 0 Å². The van der Waals surface area contributed by atoms with Crippen molar-refractivity contribution in [2.45, 2.75) is 26.3 Å². The van der Waals surface area contributed by atoms with Gasteiger partial charge in [-0.25, -0.2) is 4.79 Å². The lowest BCUT2D eigenvalue weighted by Gasteiger charge is -2.07. The predicted octanol–water partition coefficient (Wildman–Crippen LogP) is 3.51. The van der Waals surface area contributed by atoms with Gasteiger partial charge in [-0.3, -0.25) is 4.79 Å². The van der Waals surface area contributed by atoms with E-state index in [4.69, 9.17) is 4.42 Å². The Balaban J connectivity index is 1.97. The maximum atomic E-state index is 12.0. The molecule has 0 atom stereocenters. The zero-order valence-electron chi connectivity index (χ0n) is 13.4. The zero-order valence-corrected chi connectivity index (χ0v) is 13.4. The van der Waals surface area contributed by atoms with Crippen molar-refractivity contribution in [3.63, 3.8) is 0 Å². The Hall–Kier alpha value is -3.02. The number of hydrogen-bond acceptors (Lipinski definition) is 3. The van der Waals surface area contributed by atoms with E-state index in [1.807, 2.05) is 18.2 Å². The van der Waals surface area contributed by atoms with Gasteiger partial charge in [-0.1, -0.05) is 19.9 Å². The number of carboxylic acids is 1. The van der Waals surface area contributed by atoms with E-state index in [2.05, 4.69) is 24.1 Å². The van der Waals surface area contributed by atoms with Crippen LogP contribution in [0, 0.1) is 0 Å². The van der Waals surface area contributed by atoms with Gasteiger partial charge < -0.3 is 19.8 Å². The van der Waals surface area contributed by atoms with E-state index in [9.17, 15) is 14.7 Å². The predicted molar refractivity (Wildman–Crippen MR) is 89.2 cm³/mol. The van der Waals surface area contributed by atoms with E-state index in [0.717, 1.165) is 16.5 Å². The molecular formula is C18H18N2O4. The van der Waals surface area contributed by atoms with Crippen LogP contribution >= 0.6 is 0 Å². The molecule has 3 aromatic rings. The van der Waals surface area contributed by atoms with Gasteiger partial charge in [-0.05, 0) is 35.7 Å². The standard InChI is InChI=1S/C18H18N2O4/c1-10(2)11-5-6-14-12(8-11)13(16(20-14)18(22)23)9-19-17(21)15-4-3-7-24-15/h3-8,10,20H,9H2,1-2H3,(H,19,21)(H,22,23). The molecule has 2 heterocycles. The smallest absolute Gasteiger partial charge is 0.352 e. The van der Waals surface area contributed by atoms with Gasteiger partial charge in [-0.15, -0.1) is 0 Å². The number of carboxylic acid groups (broad SMARTS) is 1. The number of amides is 1. The van der Waals surface area contributed by atoms with Crippen molar-refractivity contribution in [1.29, 1.82) is 0 Å². The summed E-state index contributed by atoms with van der Waals surface area (Å²) >= 11 is 0. The summed E-state index contributed by atoms with van der Waals surface area (Å²) in [6.07, 6.45) is 1.41. The number of fused-ring (bicyclic) bond motifs is 1. The van der Waals surface area contributed by atoms with Crippen LogP contribution in [0.25, 0.3) is 10.9 Å². The number of carbonyl (C=O) groups excluding carboxylic acids is 1. The summed E-state index contributed by atoms with van der Waals surface area (Å²) in [6.45, 7) is 4.25. The van der Waals surface area contributed by atoms with Gasteiger partial charge >= 0.3 is 5.97 Å². The Labute approximate surface area is 138 Å². The first-order valence-corrected chi connectivity index (χ1v) is 7.67. The van der Waals surface area contributed by atoms with E-state index >= 15 is 0 Å². The minimum absolute atomic E-state index is 0.0886. The van der Waals surface area contributed by atoms with Crippen molar-refractivity contribution in [3.8, 4) is 0 Å². The maximum Gasteiger partial charge on any atom is 0.352 e. The molecule has 0 fully saturated rings. The number of carbonyl (C=O) groups is 2. The molecule has 6 heteroatoms. The molecule has 0 radical (unpaired) electrons. The molecular weight excluding hydrogens is 308 g/mol. The number of benzene rings is 1. The van der Waals surface area contributed by atoms with Crippen molar-refractivity contribution in [1.82, 2.24) is 10.3 Å². The summed E-state index contributed by atoms with van der Waals surface area (Å²) in [7, 11) is 0. The van der Waals surface area contributed by atoms with Gasteiger partial charge in [0.1, 0.15) is 5.69 Å². The Morgan fingerprint density at radius 2 is 2.08 bits per heavy atom. The Kier molecular flexibility index (Phi) is 4.12. The molecule has 1 aromatic carbocycles. The lowest BCUT2D eigenvalue weighted by molar-refractivity contribution is 0.0689. The van der Waals surface area contributed by atoms with E-state index in [-0.39, 0.29) is 23.9 Å². The third-order valence-electron chi connectivity index (χ3n) is 3.98. The summed E-state index contributed by atoms with van der Waals surface area (Å²) in [5, 5.41) is 12.9. The molecule has 3 rings (SSSR count). The van der Waals surface area contributed by atoms with Crippen molar-refractivity contribution >= 4 is 22.8 Å². The second-order valence-corrected chi connectivity index (χ2v) is 5.90. The second kappa shape index (κ2) is 6.23. The van der Waals surface area contributed by atoms with Crippen LogP contribution < -0.4 is 5.32 Å². The number of aromatic amines is 1. The number of rotatable bonds is 5. The maximum absolute atomic E-state index is 12.0.